The molecule has 1 unspecified atom stereocenters. The molecule has 1 rings (SSSR count). The number of hydrogen-bond donors (Lipinski definition) is 0. The second kappa shape index (κ2) is 9.51. The van der Waals surface area contributed by atoms with E-state index in [9.17, 15) is 0 Å². The van der Waals surface area contributed by atoms with E-state index >= 15 is 0 Å². The Balaban J connectivity index is 3.10. The first kappa shape index (κ1) is 19.4. The molecule has 1 heterocycles. The summed E-state index contributed by atoms with van der Waals surface area (Å²) < 4.78 is 7.12. The van der Waals surface area contributed by atoms with Crippen LogP contribution >= 0.6 is 0 Å². The van der Waals surface area contributed by atoms with Crippen molar-refractivity contribution in [3.63, 3.8) is 0 Å². The van der Waals surface area contributed by atoms with Crippen molar-refractivity contribution < 1.29 is 4.43 Å². The predicted molar refractivity (Wildman–Crippen MR) is 101 cm³/mol. The van der Waals surface area contributed by atoms with E-state index in [2.05, 4.69) is 34.6 Å². The average molecular weight is 329 g/mol. The highest BCUT2D eigenvalue weighted by Gasteiger charge is 2.57. The van der Waals surface area contributed by atoms with Crippen molar-refractivity contribution in [2.75, 3.05) is 0 Å². The minimum absolute atomic E-state index is 0.620. The van der Waals surface area contributed by atoms with Crippen molar-refractivity contribution in [2.24, 2.45) is 0 Å². The van der Waals surface area contributed by atoms with Gasteiger partial charge < -0.3 is 4.43 Å². The zero-order valence-electron chi connectivity index (χ0n) is 15.5. The lowest BCUT2D eigenvalue weighted by Gasteiger charge is -2.53. The molecule has 126 valence electrons. The van der Waals surface area contributed by atoms with Gasteiger partial charge in [-0.2, -0.15) is 0 Å². The summed E-state index contributed by atoms with van der Waals surface area (Å²) in [5, 5.41) is 0. The van der Waals surface area contributed by atoms with E-state index < -0.39 is 15.4 Å². The Hall–Kier alpha value is 0.394. The predicted octanol–water partition coefficient (Wildman–Crippen LogP) is 6.69. The third-order valence-electron chi connectivity index (χ3n) is 5.68. The van der Waals surface area contributed by atoms with Crippen LogP contribution in [-0.2, 0) is 4.43 Å². The van der Waals surface area contributed by atoms with Crippen LogP contribution in [0.25, 0.3) is 0 Å². The highest BCUT2D eigenvalue weighted by molar-refractivity contribution is 7.40. The highest BCUT2D eigenvalue weighted by Crippen LogP contribution is 2.46. The van der Waals surface area contributed by atoms with Crippen LogP contribution in [0.1, 0.15) is 79.6 Å². The van der Waals surface area contributed by atoms with Crippen molar-refractivity contribution in [1.29, 1.82) is 0 Å². The number of hydrogen-bond acceptors (Lipinski definition) is 1. The van der Waals surface area contributed by atoms with Gasteiger partial charge in [0.25, 0.3) is 0 Å². The van der Waals surface area contributed by atoms with E-state index in [1.165, 1.54) is 57.0 Å². The van der Waals surface area contributed by atoms with Crippen molar-refractivity contribution in [3.8, 4) is 0 Å². The van der Waals surface area contributed by atoms with E-state index in [1.54, 1.807) is 18.1 Å². The van der Waals surface area contributed by atoms with Gasteiger partial charge in [-0.1, -0.05) is 84.9 Å². The van der Waals surface area contributed by atoms with Gasteiger partial charge in [0.2, 0.25) is 0 Å². The smallest absolute Gasteiger partial charge is 0.180 e. The molecule has 0 radical (unpaired) electrons. The summed E-state index contributed by atoms with van der Waals surface area (Å²) in [4.78, 5) is 0. The molecule has 0 aromatic carbocycles. The van der Waals surface area contributed by atoms with Crippen LogP contribution in [0.15, 0.2) is 0 Å². The van der Waals surface area contributed by atoms with Gasteiger partial charge in [0.15, 0.2) is 7.83 Å². The molecule has 0 saturated carbocycles. The van der Waals surface area contributed by atoms with Gasteiger partial charge in [0.05, 0.1) is 7.59 Å². The third kappa shape index (κ3) is 4.45. The molecule has 1 nitrogen and oxygen atoms in total. The molecule has 1 saturated heterocycles. The minimum Gasteiger partial charge on any atom is -0.417 e. The summed E-state index contributed by atoms with van der Waals surface area (Å²) in [7, 11) is -2.62. The zero-order valence-corrected chi connectivity index (χ0v) is 17.5. The van der Waals surface area contributed by atoms with Crippen molar-refractivity contribution in [3.05, 3.63) is 0 Å². The van der Waals surface area contributed by atoms with Crippen LogP contribution in [0, 0.1) is 0 Å². The molecule has 0 aliphatic carbocycles. The number of rotatable bonds is 10. The first-order valence-corrected chi connectivity index (χ1v) is 15.8. The summed E-state index contributed by atoms with van der Waals surface area (Å²) in [5.41, 5.74) is 0. The van der Waals surface area contributed by atoms with Crippen LogP contribution in [-0.4, -0.2) is 21.5 Å². The molecule has 0 aromatic heterocycles. The second-order valence-corrected chi connectivity index (χ2v) is 20.5. The molecule has 1 aliphatic rings. The molecule has 1 aliphatic heterocycles. The van der Waals surface area contributed by atoms with Crippen LogP contribution in [0.3, 0.4) is 0 Å². The monoisotopic (exact) mass is 328 g/mol. The fourth-order valence-electron chi connectivity index (χ4n) is 5.06. The second-order valence-electron chi connectivity index (χ2n) is 7.34. The molecular weight excluding hydrogens is 288 g/mol. The van der Waals surface area contributed by atoms with Crippen molar-refractivity contribution >= 4 is 15.4 Å². The van der Waals surface area contributed by atoms with Gasteiger partial charge in [0.1, 0.15) is 0 Å². The molecule has 0 aromatic rings. The molecule has 0 amide bonds. The molecule has 3 heteroatoms. The van der Waals surface area contributed by atoms with E-state index in [4.69, 9.17) is 4.43 Å². The summed E-state index contributed by atoms with van der Waals surface area (Å²) in [6.45, 7) is 11.9. The molecule has 0 bridgehead atoms. The normalized spacial score (nSPS) is 24.1. The fraction of sp³-hybridized carbons (Fsp3) is 1.00. The summed E-state index contributed by atoms with van der Waals surface area (Å²) in [6, 6.07) is 7.66. The van der Waals surface area contributed by atoms with Gasteiger partial charge in [-0.25, -0.2) is 0 Å². The molecule has 1 fully saturated rings. The summed E-state index contributed by atoms with van der Waals surface area (Å²) in [6.07, 6.45) is 10.1. The first-order chi connectivity index (χ1) is 10.1. The lowest BCUT2D eigenvalue weighted by Crippen LogP contribution is -2.68. The standard InChI is InChI=1S/C18H40OSi2/c1-6-11-18-12-17-20(13-7-2,14-8-3)21(19-18,15-9-4)16-10-5/h18H,6-17H2,1-5H3. The van der Waals surface area contributed by atoms with Crippen LogP contribution in [0.2, 0.25) is 30.2 Å². The lowest BCUT2D eigenvalue weighted by atomic mass is 10.2. The Bertz CT molecular complexity index is 268. The Morgan fingerprint density at radius 3 is 1.71 bits per heavy atom. The van der Waals surface area contributed by atoms with E-state index in [0.717, 1.165) is 0 Å². The summed E-state index contributed by atoms with van der Waals surface area (Å²) >= 11 is 0. The Morgan fingerprint density at radius 2 is 1.29 bits per heavy atom. The maximum Gasteiger partial charge on any atom is 0.180 e. The average Bonchev–Trinajstić information content (AvgIpc) is 2.44. The van der Waals surface area contributed by atoms with E-state index in [0.29, 0.717) is 6.10 Å². The largest absolute Gasteiger partial charge is 0.417 e. The zero-order chi connectivity index (χ0) is 15.8. The van der Waals surface area contributed by atoms with E-state index in [1.807, 2.05) is 0 Å². The third-order valence-corrected chi connectivity index (χ3v) is 25.1. The van der Waals surface area contributed by atoms with Gasteiger partial charge >= 0.3 is 0 Å². The van der Waals surface area contributed by atoms with E-state index in [-0.39, 0.29) is 0 Å². The Labute approximate surface area is 136 Å². The lowest BCUT2D eigenvalue weighted by molar-refractivity contribution is 0.168. The quantitative estimate of drug-likeness (QED) is 0.406. The minimum atomic E-state index is -1.47. The first-order valence-electron chi connectivity index (χ1n) is 9.81. The molecule has 0 spiro atoms. The molecule has 0 N–H and O–H groups in total. The Kier molecular flexibility index (Phi) is 8.81. The van der Waals surface area contributed by atoms with Gasteiger partial charge in [-0.3, -0.25) is 0 Å². The molecule has 21 heavy (non-hydrogen) atoms. The SMILES string of the molecule is CCCC1CC[Si](CCC)(CCC)[Si](CCC)(CCC)O1. The van der Waals surface area contributed by atoms with Crippen molar-refractivity contribution in [1.82, 2.24) is 0 Å². The fourth-order valence-corrected chi connectivity index (χ4v) is 26.2. The highest BCUT2D eigenvalue weighted by atomic mass is 29.3. The topological polar surface area (TPSA) is 9.23 Å². The maximum atomic E-state index is 7.12. The maximum absolute atomic E-state index is 7.12. The van der Waals surface area contributed by atoms with Crippen LogP contribution < -0.4 is 0 Å². The Morgan fingerprint density at radius 1 is 0.762 bits per heavy atom. The molecular formula is C18H40OSi2. The summed E-state index contributed by atoms with van der Waals surface area (Å²) in [5.74, 6) is 0. The van der Waals surface area contributed by atoms with Gasteiger partial charge in [-0.15, -0.1) is 0 Å². The van der Waals surface area contributed by atoms with Crippen LogP contribution in [0.5, 0.6) is 0 Å². The van der Waals surface area contributed by atoms with Crippen molar-refractivity contribution in [2.45, 2.75) is 116 Å². The van der Waals surface area contributed by atoms with Gasteiger partial charge in [0, 0.05) is 6.10 Å². The molecule has 1 atom stereocenters. The van der Waals surface area contributed by atoms with Gasteiger partial charge in [-0.05, 0) is 24.9 Å². The van der Waals surface area contributed by atoms with Crippen LogP contribution in [0.4, 0.5) is 0 Å².